The minimum atomic E-state index is -0.418. The van der Waals surface area contributed by atoms with Gasteiger partial charge in [0.1, 0.15) is 5.75 Å². The number of ether oxygens (including phenoxy) is 1. The normalized spacial score (nSPS) is 10.1. The number of nitrogens with one attached hydrogen (secondary N) is 1. The summed E-state index contributed by atoms with van der Waals surface area (Å²) in [5, 5.41) is 3.30. The van der Waals surface area contributed by atoms with Crippen molar-refractivity contribution in [2.75, 3.05) is 12.4 Å². The van der Waals surface area contributed by atoms with Gasteiger partial charge in [-0.3, -0.25) is 4.79 Å². The number of hydrogen-bond donors (Lipinski definition) is 2. The number of anilines is 1. The second-order valence-electron chi connectivity index (χ2n) is 4.26. The van der Waals surface area contributed by atoms with Gasteiger partial charge in [-0.25, -0.2) is 0 Å². The molecule has 104 valence electrons. The highest BCUT2D eigenvalue weighted by Crippen LogP contribution is 2.28. The summed E-state index contributed by atoms with van der Waals surface area (Å²) in [6.07, 6.45) is 0. The maximum absolute atomic E-state index is 11.0. The van der Waals surface area contributed by atoms with Crippen LogP contribution in [0.25, 0.3) is 0 Å². The molecule has 20 heavy (non-hydrogen) atoms. The third-order valence-corrected chi connectivity index (χ3v) is 3.38. The van der Waals surface area contributed by atoms with Crippen molar-refractivity contribution in [3.8, 4) is 5.75 Å². The monoisotopic (exact) mass is 334 g/mol. The number of carbonyl (C=O) groups is 1. The van der Waals surface area contributed by atoms with Gasteiger partial charge in [0.2, 0.25) is 5.91 Å². The molecule has 5 heteroatoms. The molecule has 0 unspecified atom stereocenters. The molecule has 0 saturated heterocycles. The summed E-state index contributed by atoms with van der Waals surface area (Å²) in [6, 6.07) is 13.0. The third kappa shape index (κ3) is 3.51. The Morgan fingerprint density at radius 3 is 2.55 bits per heavy atom. The topological polar surface area (TPSA) is 64.3 Å². The molecule has 0 fully saturated rings. The number of primary amides is 1. The van der Waals surface area contributed by atoms with Crippen LogP contribution in [0.4, 0.5) is 5.69 Å². The zero-order valence-corrected chi connectivity index (χ0v) is 12.6. The summed E-state index contributed by atoms with van der Waals surface area (Å²) in [5.41, 5.74) is 7.67. The van der Waals surface area contributed by atoms with Crippen molar-refractivity contribution in [2.45, 2.75) is 6.54 Å². The maximum atomic E-state index is 11.0. The zero-order valence-electron chi connectivity index (χ0n) is 11.0. The highest BCUT2D eigenvalue weighted by atomic mass is 79.9. The Kier molecular flexibility index (Phi) is 4.63. The lowest BCUT2D eigenvalue weighted by atomic mass is 10.1. The molecule has 0 aromatic heterocycles. The van der Waals surface area contributed by atoms with E-state index in [2.05, 4.69) is 21.2 Å². The number of carbonyl (C=O) groups excluding carboxylic acids is 1. The SMILES string of the molecule is COc1ccc(Br)cc1NCc1ccc(C(N)=O)cc1. The van der Waals surface area contributed by atoms with Gasteiger partial charge in [-0.15, -0.1) is 0 Å². The van der Waals surface area contributed by atoms with E-state index in [0.717, 1.165) is 21.5 Å². The largest absolute Gasteiger partial charge is 0.495 e. The van der Waals surface area contributed by atoms with E-state index in [1.165, 1.54) is 0 Å². The number of nitrogens with two attached hydrogens (primary N) is 1. The molecule has 0 bridgehead atoms. The van der Waals surface area contributed by atoms with Crippen molar-refractivity contribution in [3.05, 3.63) is 58.1 Å². The molecule has 0 aliphatic heterocycles. The van der Waals surface area contributed by atoms with Crippen LogP contribution in [0.2, 0.25) is 0 Å². The fraction of sp³-hybridized carbons (Fsp3) is 0.133. The van der Waals surface area contributed by atoms with Gasteiger partial charge in [0.15, 0.2) is 0 Å². The molecular weight excluding hydrogens is 320 g/mol. The predicted molar refractivity (Wildman–Crippen MR) is 83.0 cm³/mol. The number of hydrogen-bond acceptors (Lipinski definition) is 3. The lowest BCUT2D eigenvalue weighted by molar-refractivity contribution is 0.100. The lowest BCUT2D eigenvalue weighted by Gasteiger charge is -2.11. The first kappa shape index (κ1) is 14.4. The van der Waals surface area contributed by atoms with E-state index in [0.29, 0.717) is 12.1 Å². The van der Waals surface area contributed by atoms with Crippen molar-refractivity contribution in [3.63, 3.8) is 0 Å². The van der Waals surface area contributed by atoms with Crippen LogP contribution in [-0.2, 0) is 6.54 Å². The van der Waals surface area contributed by atoms with Crippen LogP contribution >= 0.6 is 15.9 Å². The third-order valence-electron chi connectivity index (χ3n) is 2.88. The van der Waals surface area contributed by atoms with Gasteiger partial charge in [-0.1, -0.05) is 28.1 Å². The van der Waals surface area contributed by atoms with Crippen LogP contribution in [-0.4, -0.2) is 13.0 Å². The average molecular weight is 335 g/mol. The van der Waals surface area contributed by atoms with Crippen LogP contribution in [0.3, 0.4) is 0 Å². The van der Waals surface area contributed by atoms with Gasteiger partial charge in [0.25, 0.3) is 0 Å². The van der Waals surface area contributed by atoms with Gasteiger partial charge in [-0.2, -0.15) is 0 Å². The number of benzene rings is 2. The Bertz CT molecular complexity index is 612. The van der Waals surface area contributed by atoms with E-state index in [1.54, 1.807) is 19.2 Å². The molecule has 4 nitrogen and oxygen atoms in total. The van der Waals surface area contributed by atoms with Crippen molar-refractivity contribution in [1.82, 2.24) is 0 Å². The standard InChI is InChI=1S/C15H15BrN2O2/c1-20-14-7-6-12(16)8-13(14)18-9-10-2-4-11(5-3-10)15(17)19/h2-8,18H,9H2,1H3,(H2,17,19). The predicted octanol–water partition coefficient (Wildman–Crippen LogP) is 3.17. The van der Waals surface area contributed by atoms with Crippen LogP contribution < -0.4 is 15.8 Å². The van der Waals surface area contributed by atoms with Crippen LogP contribution in [0, 0.1) is 0 Å². The molecule has 1 amide bonds. The summed E-state index contributed by atoms with van der Waals surface area (Å²) in [4.78, 5) is 11.0. The fourth-order valence-corrected chi connectivity index (χ4v) is 2.16. The van der Waals surface area contributed by atoms with Crippen LogP contribution in [0.5, 0.6) is 5.75 Å². The highest BCUT2D eigenvalue weighted by molar-refractivity contribution is 9.10. The van der Waals surface area contributed by atoms with Gasteiger partial charge >= 0.3 is 0 Å². The van der Waals surface area contributed by atoms with Gasteiger partial charge < -0.3 is 15.8 Å². The van der Waals surface area contributed by atoms with Crippen LogP contribution in [0.1, 0.15) is 15.9 Å². The molecule has 2 rings (SSSR count). The minimum absolute atomic E-state index is 0.418. The van der Waals surface area contributed by atoms with Crippen molar-refractivity contribution < 1.29 is 9.53 Å². The molecule has 0 atom stereocenters. The van der Waals surface area contributed by atoms with Gasteiger partial charge in [0, 0.05) is 16.6 Å². The number of halogens is 1. The lowest BCUT2D eigenvalue weighted by Crippen LogP contribution is -2.10. The second kappa shape index (κ2) is 6.43. The van der Waals surface area contributed by atoms with Crippen molar-refractivity contribution in [2.24, 2.45) is 5.73 Å². The molecule has 2 aromatic rings. The smallest absolute Gasteiger partial charge is 0.248 e. The molecular formula is C15H15BrN2O2. The number of rotatable bonds is 5. The molecule has 0 aliphatic carbocycles. The molecule has 0 saturated carbocycles. The Morgan fingerprint density at radius 1 is 1.25 bits per heavy atom. The molecule has 3 N–H and O–H groups in total. The van der Waals surface area contributed by atoms with Crippen LogP contribution in [0.15, 0.2) is 46.9 Å². The number of methoxy groups -OCH3 is 1. The van der Waals surface area contributed by atoms with E-state index in [9.17, 15) is 4.79 Å². The highest BCUT2D eigenvalue weighted by Gasteiger charge is 2.04. The summed E-state index contributed by atoms with van der Waals surface area (Å²) in [7, 11) is 1.63. The average Bonchev–Trinajstić information content (AvgIpc) is 2.45. The quantitative estimate of drug-likeness (QED) is 0.882. The molecule has 0 heterocycles. The molecule has 0 radical (unpaired) electrons. The second-order valence-corrected chi connectivity index (χ2v) is 5.18. The Labute approximate surface area is 126 Å². The first-order chi connectivity index (χ1) is 9.60. The fourth-order valence-electron chi connectivity index (χ4n) is 1.80. The summed E-state index contributed by atoms with van der Waals surface area (Å²) < 4.78 is 6.27. The van der Waals surface area contributed by atoms with Crippen molar-refractivity contribution >= 4 is 27.5 Å². The maximum Gasteiger partial charge on any atom is 0.248 e. The zero-order chi connectivity index (χ0) is 14.5. The van der Waals surface area contributed by atoms with Gasteiger partial charge in [-0.05, 0) is 35.9 Å². The van der Waals surface area contributed by atoms with E-state index < -0.39 is 5.91 Å². The molecule has 0 aliphatic rings. The Balaban J connectivity index is 2.08. The Hall–Kier alpha value is -2.01. The summed E-state index contributed by atoms with van der Waals surface area (Å²) >= 11 is 3.43. The first-order valence-electron chi connectivity index (χ1n) is 6.06. The summed E-state index contributed by atoms with van der Waals surface area (Å²) in [5.74, 6) is 0.361. The van der Waals surface area contributed by atoms with Gasteiger partial charge in [0.05, 0.1) is 12.8 Å². The first-order valence-corrected chi connectivity index (χ1v) is 6.85. The van der Waals surface area contributed by atoms with E-state index >= 15 is 0 Å². The van der Waals surface area contributed by atoms with Crippen molar-refractivity contribution in [1.29, 1.82) is 0 Å². The summed E-state index contributed by atoms with van der Waals surface area (Å²) in [6.45, 7) is 0.631. The number of amides is 1. The minimum Gasteiger partial charge on any atom is -0.495 e. The van der Waals surface area contributed by atoms with E-state index in [4.69, 9.17) is 10.5 Å². The van der Waals surface area contributed by atoms with E-state index in [1.807, 2.05) is 30.3 Å². The molecule has 0 spiro atoms. The van der Waals surface area contributed by atoms with E-state index in [-0.39, 0.29) is 0 Å². The Morgan fingerprint density at radius 2 is 1.95 bits per heavy atom. The molecule has 2 aromatic carbocycles.